The number of aromatic nitrogens is 2. The first-order valence-electron chi connectivity index (χ1n) is 6.77. The topological polar surface area (TPSA) is 47.0 Å². The predicted octanol–water partition coefficient (Wildman–Crippen LogP) is 4.26. The van der Waals surface area contributed by atoms with Gasteiger partial charge in [-0.1, -0.05) is 19.1 Å². The van der Waals surface area contributed by atoms with Crippen LogP contribution in [0.2, 0.25) is 0 Å². The third-order valence-corrected chi connectivity index (χ3v) is 3.52. The maximum absolute atomic E-state index is 5.88. The van der Waals surface area contributed by atoms with Crippen LogP contribution < -0.4 is 10.1 Å². The maximum Gasteiger partial charge on any atom is 0.224 e. The Kier molecular flexibility index (Phi) is 5.58. The van der Waals surface area contributed by atoms with Crippen molar-refractivity contribution < 1.29 is 4.74 Å². The van der Waals surface area contributed by atoms with E-state index in [0.717, 1.165) is 40.3 Å². The number of benzene rings is 1. The highest BCUT2D eigenvalue weighted by atomic mass is 127. The molecule has 0 amide bonds. The summed E-state index contributed by atoms with van der Waals surface area (Å²) in [5, 5.41) is 3.21. The summed E-state index contributed by atoms with van der Waals surface area (Å²) in [6.45, 7) is 4.98. The average molecular weight is 383 g/mol. The molecular formula is C15H18IN3O. The molecule has 0 radical (unpaired) electrons. The summed E-state index contributed by atoms with van der Waals surface area (Å²) in [4.78, 5) is 8.94. The molecule has 106 valence electrons. The Balaban J connectivity index is 2.28. The van der Waals surface area contributed by atoms with Gasteiger partial charge in [-0.05, 0) is 48.1 Å². The second-order valence-corrected chi connectivity index (χ2v) is 5.48. The Morgan fingerprint density at radius 2 is 2.00 bits per heavy atom. The average Bonchev–Trinajstić information content (AvgIpc) is 2.42. The minimum Gasteiger partial charge on any atom is -0.438 e. The van der Waals surface area contributed by atoms with Crippen molar-refractivity contribution in [2.24, 2.45) is 0 Å². The summed E-state index contributed by atoms with van der Waals surface area (Å²) < 4.78 is 6.95. The molecule has 4 nitrogen and oxygen atoms in total. The summed E-state index contributed by atoms with van der Waals surface area (Å²) in [5.74, 6) is 3.03. The standard InChI is InChI=1S/C15H18IN3O/c1-3-7-13-18-14(17-4-2)10-15(19-13)20-12-9-6-5-8-11(12)16/h5-6,8-10H,3-4,7H2,1-2H3,(H,17,18,19). The molecule has 0 aliphatic rings. The number of hydrogen-bond acceptors (Lipinski definition) is 4. The quantitative estimate of drug-likeness (QED) is 0.758. The molecule has 2 rings (SSSR count). The van der Waals surface area contributed by atoms with Gasteiger partial charge in [0.2, 0.25) is 5.88 Å². The van der Waals surface area contributed by atoms with Crippen molar-refractivity contribution in [3.63, 3.8) is 0 Å². The van der Waals surface area contributed by atoms with Crippen molar-refractivity contribution in [2.45, 2.75) is 26.7 Å². The molecule has 5 heteroatoms. The van der Waals surface area contributed by atoms with E-state index in [-0.39, 0.29) is 0 Å². The third kappa shape index (κ3) is 4.06. The molecule has 1 N–H and O–H groups in total. The Labute approximate surface area is 133 Å². The van der Waals surface area contributed by atoms with Crippen molar-refractivity contribution in [3.05, 3.63) is 39.7 Å². The van der Waals surface area contributed by atoms with E-state index in [1.54, 1.807) is 0 Å². The number of nitrogens with zero attached hydrogens (tertiary/aromatic N) is 2. The van der Waals surface area contributed by atoms with Gasteiger partial charge < -0.3 is 10.1 Å². The number of aryl methyl sites for hydroxylation is 1. The zero-order valence-electron chi connectivity index (χ0n) is 11.7. The van der Waals surface area contributed by atoms with Gasteiger partial charge >= 0.3 is 0 Å². The van der Waals surface area contributed by atoms with Crippen molar-refractivity contribution in [1.82, 2.24) is 9.97 Å². The number of hydrogen-bond donors (Lipinski definition) is 1. The molecule has 0 bridgehead atoms. The third-order valence-electron chi connectivity index (χ3n) is 2.63. The van der Waals surface area contributed by atoms with Gasteiger partial charge in [0, 0.05) is 19.0 Å². The second-order valence-electron chi connectivity index (χ2n) is 4.32. The lowest BCUT2D eigenvalue weighted by molar-refractivity contribution is 0.455. The molecule has 0 unspecified atom stereocenters. The lowest BCUT2D eigenvalue weighted by Gasteiger charge is -2.10. The van der Waals surface area contributed by atoms with Crippen LogP contribution in [-0.2, 0) is 6.42 Å². The van der Waals surface area contributed by atoms with E-state index in [0.29, 0.717) is 5.88 Å². The minimum absolute atomic E-state index is 0.587. The fraction of sp³-hybridized carbons (Fsp3) is 0.333. The van der Waals surface area contributed by atoms with E-state index in [4.69, 9.17) is 4.74 Å². The first-order chi connectivity index (χ1) is 9.72. The number of para-hydroxylation sites is 1. The number of halogens is 1. The van der Waals surface area contributed by atoms with Crippen molar-refractivity contribution in [3.8, 4) is 11.6 Å². The Morgan fingerprint density at radius 1 is 1.20 bits per heavy atom. The molecule has 0 aliphatic heterocycles. The van der Waals surface area contributed by atoms with Crippen LogP contribution in [-0.4, -0.2) is 16.5 Å². The van der Waals surface area contributed by atoms with Crippen LogP contribution in [0.3, 0.4) is 0 Å². The van der Waals surface area contributed by atoms with Gasteiger partial charge in [0.1, 0.15) is 17.4 Å². The van der Waals surface area contributed by atoms with E-state index < -0.39 is 0 Å². The van der Waals surface area contributed by atoms with Crippen LogP contribution in [0.15, 0.2) is 30.3 Å². The Morgan fingerprint density at radius 3 is 2.70 bits per heavy atom. The van der Waals surface area contributed by atoms with Gasteiger partial charge in [-0.2, -0.15) is 4.98 Å². The molecule has 0 saturated heterocycles. The second kappa shape index (κ2) is 7.42. The lowest BCUT2D eigenvalue weighted by Crippen LogP contribution is -2.05. The fourth-order valence-corrected chi connectivity index (χ4v) is 2.27. The molecular weight excluding hydrogens is 365 g/mol. The molecule has 0 saturated carbocycles. The number of anilines is 1. The van der Waals surface area contributed by atoms with Gasteiger partial charge in [-0.15, -0.1) is 0 Å². The molecule has 0 spiro atoms. The predicted molar refractivity (Wildman–Crippen MR) is 89.4 cm³/mol. The molecule has 2 aromatic rings. The van der Waals surface area contributed by atoms with E-state index in [1.807, 2.05) is 37.3 Å². The number of rotatable bonds is 6. The van der Waals surface area contributed by atoms with Crippen LogP contribution in [0.25, 0.3) is 0 Å². The van der Waals surface area contributed by atoms with E-state index in [9.17, 15) is 0 Å². The molecule has 1 aromatic carbocycles. The minimum atomic E-state index is 0.587. The van der Waals surface area contributed by atoms with Crippen molar-refractivity contribution in [1.29, 1.82) is 0 Å². The normalized spacial score (nSPS) is 10.3. The molecule has 0 fully saturated rings. The largest absolute Gasteiger partial charge is 0.438 e. The highest BCUT2D eigenvalue weighted by Crippen LogP contribution is 2.26. The lowest BCUT2D eigenvalue weighted by atomic mass is 10.3. The summed E-state index contributed by atoms with van der Waals surface area (Å²) >= 11 is 2.25. The van der Waals surface area contributed by atoms with Gasteiger partial charge in [0.25, 0.3) is 0 Å². The summed E-state index contributed by atoms with van der Waals surface area (Å²) in [6.07, 6.45) is 1.86. The van der Waals surface area contributed by atoms with E-state index in [1.165, 1.54) is 0 Å². The Hall–Kier alpha value is -1.37. The van der Waals surface area contributed by atoms with Gasteiger partial charge in [-0.3, -0.25) is 0 Å². The first-order valence-corrected chi connectivity index (χ1v) is 7.85. The molecule has 20 heavy (non-hydrogen) atoms. The van der Waals surface area contributed by atoms with Crippen LogP contribution in [0, 0.1) is 3.57 Å². The van der Waals surface area contributed by atoms with Gasteiger partial charge in [0.15, 0.2) is 0 Å². The van der Waals surface area contributed by atoms with Crippen LogP contribution in [0.4, 0.5) is 5.82 Å². The maximum atomic E-state index is 5.88. The zero-order valence-corrected chi connectivity index (χ0v) is 13.8. The van der Waals surface area contributed by atoms with E-state index >= 15 is 0 Å². The van der Waals surface area contributed by atoms with E-state index in [2.05, 4.69) is 44.8 Å². The SMILES string of the molecule is CCCc1nc(NCC)cc(Oc2ccccc2I)n1. The van der Waals surface area contributed by atoms with Crippen LogP contribution >= 0.6 is 22.6 Å². The summed E-state index contributed by atoms with van der Waals surface area (Å²) in [5.41, 5.74) is 0. The molecule has 0 aliphatic carbocycles. The summed E-state index contributed by atoms with van der Waals surface area (Å²) in [6, 6.07) is 9.73. The highest BCUT2D eigenvalue weighted by Gasteiger charge is 2.07. The van der Waals surface area contributed by atoms with Crippen LogP contribution in [0.5, 0.6) is 11.6 Å². The van der Waals surface area contributed by atoms with Crippen molar-refractivity contribution >= 4 is 28.4 Å². The highest BCUT2D eigenvalue weighted by molar-refractivity contribution is 14.1. The molecule has 1 aromatic heterocycles. The monoisotopic (exact) mass is 383 g/mol. The smallest absolute Gasteiger partial charge is 0.224 e. The zero-order chi connectivity index (χ0) is 14.4. The van der Waals surface area contributed by atoms with Crippen molar-refractivity contribution in [2.75, 3.05) is 11.9 Å². The van der Waals surface area contributed by atoms with Gasteiger partial charge in [-0.25, -0.2) is 4.98 Å². The molecule has 1 heterocycles. The van der Waals surface area contributed by atoms with Gasteiger partial charge in [0.05, 0.1) is 3.57 Å². The summed E-state index contributed by atoms with van der Waals surface area (Å²) in [7, 11) is 0. The number of nitrogens with one attached hydrogen (secondary N) is 1. The Bertz CT molecular complexity index is 551. The fourth-order valence-electron chi connectivity index (χ4n) is 1.77. The first kappa shape index (κ1) is 15.0. The number of ether oxygens (including phenoxy) is 1. The molecule has 0 atom stereocenters. The van der Waals surface area contributed by atoms with Crippen LogP contribution in [0.1, 0.15) is 26.1 Å².